The molecule has 0 aliphatic carbocycles. The number of nitrogens with zero attached hydrogens (tertiary/aromatic N) is 1. The number of carbonyl (C=O) groups excluding carboxylic acids is 3. The van der Waals surface area contributed by atoms with Crippen LogP contribution in [0.25, 0.3) is 0 Å². The highest BCUT2D eigenvalue weighted by atomic mass is 32.1. The van der Waals surface area contributed by atoms with Crippen molar-refractivity contribution in [1.29, 1.82) is 0 Å². The molecule has 2 amide bonds. The molecule has 1 aliphatic heterocycles. The number of thiophene rings is 1. The van der Waals surface area contributed by atoms with Crippen molar-refractivity contribution in [2.24, 2.45) is 5.92 Å². The first kappa shape index (κ1) is 29.8. The van der Waals surface area contributed by atoms with Crippen molar-refractivity contribution in [1.82, 2.24) is 15.5 Å². The first-order valence-corrected chi connectivity index (χ1v) is 15.0. The zero-order valence-corrected chi connectivity index (χ0v) is 23.5. The molecule has 1 fully saturated rings. The van der Waals surface area contributed by atoms with Gasteiger partial charge in [-0.2, -0.15) is 0 Å². The Morgan fingerprint density at radius 1 is 1.05 bits per heavy atom. The van der Waals surface area contributed by atoms with Gasteiger partial charge in [-0.05, 0) is 68.1 Å². The summed E-state index contributed by atoms with van der Waals surface area (Å²) in [5, 5.41) is 7.59. The molecular formula is C30H43N3O4S. The maximum Gasteiger partial charge on any atom is 0.328 e. The van der Waals surface area contributed by atoms with Crippen LogP contribution in [-0.4, -0.2) is 55.0 Å². The lowest BCUT2D eigenvalue weighted by atomic mass is 9.93. The Labute approximate surface area is 231 Å². The number of rotatable bonds is 16. The Balaban J connectivity index is 1.36. The van der Waals surface area contributed by atoms with Gasteiger partial charge in [0.25, 0.3) is 5.91 Å². The van der Waals surface area contributed by atoms with Crippen LogP contribution in [-0.2, 0) is 20.9 Å². The van der Waals surface area contributed by atoms with Gasteiger partial charge in [0.2, 0.25) is 5.91 Å². The average Bonchev–Trinajstić information content (AvgIpc) is 3.48. The zero-order chi connectivity index (χ0) is 27.0. The molecule has 1 aromatic carbocycles. The molecule has 1 saturated heterocycles. The molecule has 1 unspecified atom stereocenters. The number of nitrogens with one attached hydrogen (secondary N) is 2. The van der Waals surface area contributed by atoms with Gasteiger partial charge in [-0.25, -0.2) is 4.79 Å². The summed E-state index contributed by atoms with van der Waals surface area (Å²) in [6.07, 6.45) is 7.64. The molecule has 7 nitrogen and oxygen atoms in total. The molecule has 0 spiro atoms. The van der Waals surface area contributed by atoms with Crippen LogP contribution in [0.3, 0.4) is 0 Å². The summed E-state index contributed by atoms with van der Waals surface area (Å²) >= 11 is 1.31. The number of unbranched alkanes of at least 4 members (excludes halogenated alkanes) is 3. The van der Waals surface area contributed by atoms with Crippen LogP contribution in [0.5, 0.6) is 0 Å². The summed E-state index contributed by atoms with van der Waals surface area (Å²) in [7, 11) is 0. The van der Waals surface area contributed by atoms with Gasteiger partial charge in [0.05, 0.1) is 11.5 Å². The third kappa shape index (κ3) is 11.0. The van der Waals surface area contributed by atoms with Gasteiger partial charge < -0.3 is 15.4 Å². The van der Waals surface area contributed by atoms with E-state index in [9.17, 15) is 14.4 Å². The first-order chi connectivity index (χ1) is 18.5. The van der Waals surface area contributed by atoms with Crippen molar-refractivity contribution in [2.45, 2.75) is 77.3 Å². The lowest BCUT2D eigenvalue weighted by Gasteiger charge is -2.32. The van der Waals surface area contributed by atoms with Crippen LogP contribution < -0.4 is 10.6 Å². The van der Waals surface area contributed by atoms with Gasteiger partial charge >= 0.3 is 5.97 Å². The van der Waals surface area contributed by atoms with E-state index in [2.05, 4.69) is 46.7 Å². The highest BCUT2D eigenvalue weighted by Crippen LogP contribution is 2.21. The SMILES string of the molecule is CCCCCCOC(=O)C(CCC(=O)NCCC1CCN(Cc2ccccc2)CC1)NC(=O)c1cccs1. The Morgan fingerprint density at radius 2 is 1.84 bits per heavy atom. The van der Waals surface area contributed by atoms with Crippen LogP contribution in [0.1, 0.15) is 79.9 Å². The smallest absolute Gasteiger partial charge is 0.328 e. The Morgan fingerprint density at radius 3 is 2.55 bits per heavy atom. The van der Waals surface area contributed by atoms with E-state index < -0.39 is 12.0 Å². The average molecular weight is 542 g/mol. The lowest BCUT2D eigenvalue weighted by Crippen LogP contribution is -2.42. The number of hydrogen-bond acceptors (Lipinski definition) is 6. The maximum atomic E-state index is 12.7. The predicted molar refractivity (Wildman–Crippen MR) is 152 cm³/mol. The van der Waals surface area contributed by atoms with E-state index in [-0.39, 0.29) is 24.7 Å². The monoisotopic (exact) mass is 541 g/mol. The number of hydrogen-bond donors (Lipinski definition) is 2. The summed E-state index contributed by atoms with van der Waals surface area (Å²) in [4.78, 5) is 40.8. The maximum absolute atomic E-state index is 12.7. The normalized spacial score (nSPS) is 15.1. The molecule has 2 heterocycles. The predicted octanol–water partition coefficient (Wildman–Crippen LogP) is 5.17. The molecule has 2 N–H and O–H groups in total. The van der Waals surface area contributed by atoms with Gasteiger partial charge in [-0.3, -0.25) is 14.5 Å². The number of carbonyl (C=O) groups is 3. The second-order valence-electron chi connectivity index (χ2n) is 10.1. The van der Waals surface area contributed by atoms with Crippen LogP contribution >= 0.6 is 11.3 Å². The fourth-order valence-electron chi connectivity index (χ4n) is 4.74. The summed E-state index contributed by atoms with van der Waals surface area (Å²) < 4.78 is 5.42. The molecule has 0 radical (unpaired) electrons. The van der Waals surface area contributed by atoms with Gasteiger partial charge in [0.15, 0.2) is 0 Å². The van der Waals surface area contributed by atoms with Crippen LogP contribution in [0.2, 0.25) is 0 Å². The molecular weight excluding hydrogens is 498 g/mol. The minimum atomic E-state index is -0.838. The van der Waals surface area contributed by atoms with Crippen molar-refractivity contribution >= 4 is 29.1 Å². The molecule has 2 aromatic rings. The minimum absolute atomic E-state index is 0.0994. The highest BCUT2D eigenvalue weighted by Gasteiger charge is 2.24. The quantitative estimate of drug-likeness (QED) is 0.226. The van der Waals surface area contributed by atoms with E-state index in [4.69, 9.17) is 4.74 Å². The van der Waals surface area contributed by atoms with Crippen LogP contribution in [0, 0.1) is 5.92 Å². The first-order valence-electron chi connectivity index (χ1n) is 14.1. The second kappa shape index (κ2) is 17.0. The largest absolute Gasteiger partial charge is 0.464 e. The van der Waals surface area contributed by atoms with E-state index in [1.54, 1.807) is 12.1 Å². The molecule has 38 heavy (non-hydrogen) atoms. The standard InChI is InChI=1S/C30H43N3O4S/c1-2-3-4-8-21-37-30(36)26(32-29(35)27-12-9-22-38-27)13-14-28(34)31-18-15-24-16-19-33(20-17-24)23-25-10-6-5-7-11-25/h5-7,9-12,22,24,26H,2-4,8,13-21,23H2,1H3,(H,31,34)(H,32,35). The van der Waals surface area contributed by atoms with E-state index >= 15 is 0 Å². The summed E-state index contributed by atoms with van der Waals surface area (Å²) in [6.45, 7) is 6.26. The van der Waals surface area contributed by atoms with E-state index in [0.717, 1.165) is 64.6 Å². The molecule has 8 heteroatoms. The second-order valence-corrected chi connectivity index (χ2v) is 11.1. The summed E-state index contributed by atoms with van der Waals surface area (Å²) in [5.41, 5.74) is 1.35. The number of piperidine rings is 1. The Kier molecular flexibility index (Phi) is 13.3. The van der Waals surface area contributed by atoms with Gasteiger partial charge in [-0.15, -0.1) is 11.3 Å². The molecule has 1 aliphatic rings. The van der Waals surface area contributed by atoms with E-state index in [1.165, 1.54) is 16.9 Å². The molecule has 0 bridgehead atoms. The fraction of sp³-hybridized carbons (Fsp3) is 0.567. The number of amides is 2. The lowest BCUT2D eigenvalue weighted by molar-refractivity contribution is -0.146. The Hall–Kier alpha value is -2.71. The molecule has 3 rings (SSSR count). The van der Waals surface area contributed by atoms with Crippen LogP contribution in [0.15, 0.2) is 47.8 Å². The molecule has 1 atom stereocenters. The van der Waals surface area contributed by atoms with E-state index in [1.807, 2.05) is 11.4 Å². The van der Waals surface area contributed by atoms with Crippen molar-refractivity contribution in [3.05, 3.63) is 58.3 Å². The highest BCUT2D eigenvalue weighted by molar-refractivity contribution is 7.12. The zero-order valence-electron chi connectivity index (χ0n) is 22.7. The van der Waals surface area contributed by atoms with Crippen molar-refractivity contribution in [3.8, 4) is 0 Å². The van der Waals surface area contributed by atoms with E-state index in [0.29, 0.717) is 23.9 Å². The Bertz CT molecular complexity index is 959. The number of benzene rings is 1. The fourth-order valence-corrected chi connectivity index (χ4v) is 5.37. The number of likely N-dealkylation sites (tertiary alicyclic amines) is 1. The third-order valence-corrected chi connectivity index (χ3v) is 7.94. The molecule has 0 saturated carbocycles. The number of esters is 1. The topological polar surface area (TPSA) is 87.7 Å². The molecule has 208 valence electrons. The third-order valence-electron chi connectivity index (χ3n) is 7.07. The van der Waals surface area contributed by atoms with Gasteiger partial charge in [0, 0.05) is 19.5 Å². The van der Waals surface area contributed by atoms with Gasteiger partial charge in [0.1, 0.15) is 6.04 Å². The summed E-state index contributed by atoms with van der Waals surface area (Å²) in [6, 6.07) is 13.2. The molecule has 1 aromatic heterocycles. The van der Waals surface area contributed by atoms with Crippen molar-refractivity contribution in [2.75, 3.05) is 26.2 Å². The minimum Gasteiger partial charge on any atom is -0.464 e. The summed E-state index contributed by atoms with van der Waals surface area (Å²) in [5.74, 6) is -0.270. The van der Waals surface area contributed by atoms with Crippen LogP contribution in [0.4, 0.5) is 0 Å². The van der Waals surface area contributed by atoms with Gasteiger partial charge in [-0.1, -0.05) is 62.6 Å². The van der Waals surface area contributed by atoms with Crippen molar-refractivity contribution < 1.29 is 19.1 Å². The number of ether oxygens (including phenoxy) is 1. The van der Waals surface area contributed by atoms with Crippen molar-refractivity contribution in [3.63, 3.8) is 0 Å².